The Morgan fingerprint density at radius 3 is 2.63 bits per heavy atom. The molecule has 4 nitrogen and oxygen atoms in total. The molecule has 4 aliphatic rings. The van der Waals surface area contributed by atoms with Gasteiger partial charge in [-0.25, -0.2) is 9.78 Å². The number of hydrogen-bond acceptors (Lipinski definition) is 4. The predicted molar refractivity (Wildman–Crippen MR) is 153 cm³/mol. The Morgan fingerprint density at radius 1 is 1.11 bits per heavy atom. The SMILES string of the molecule is CC[C@H]1C[C@H]2C3CC[C@H]([C@H](C)CCCOc4ncc(C(=O)OC)cc4Cl)[C@@]3(C)CC[C@@H]2[C@@]2(C)CCCC[C@@H]12. The molecule has 1 unspecified atom stereocenters. The van der Waals surface area contributed by atoms with Gasteiger partial charge in [-0.2, -0.15) is 0 Å². The summed E-state index contributed by atoms with van der Waals surface area (Å²) >= 11 is 6.30. The summed E-state index contributed by atoms with van der Waals surface area (Å²) in [6.45, 7) is 11.0. The van der Waals surface area contributed by atoms with Crippen molar-refractivity contribution >= 4 is 17.6 Å². The van der Waals surface area contributed by atoms with E-state index < -0.39 is 5.97 Å². The zero-order valence-corrected chi connectivity index (χ0v) is 25.2. The molecule has 0 bridgehead atoms. The van der Waals surface area contributed by atoms with Crippen molar-refractivity contribution in [2.24, 2.45) is 52.3 Å². The molecule has 4 saturated carbocycles. The van der Waals surface area contributed by atoms with Crippen LogP contribution in [0.4, 0.5) is 0 Å². The second-order valence-corrected chi connectivity index (χ2v) is 14.2. The summed E-state index contributed by atoms with van der Waals surface area (Å²) in [5.41, 5.74) is 1.45. The largest absolute Gasteiger partial charge is 0.477 e. The average molecular weight is 544 g/mol. The minimum Gasteiger partial charge on any atom is -0.477 e. The normalized spacial score (nSPS) is 39.0. The second-order valence-electron chi connectivity index (χ2n) is 13.8. The van der Waals surface area contributed by atoms with Gasteiger partial charge in [-0.3, -0.25) is 0 Å². The van der Waals surface area contributed by atoms with Crippen LogP contribution in [0, 0.1) is 52.3 Å². The molecule has 0 radical (unpaired) electrons. The van der Waals surface area contributed by atoms with E-state index in [-0.39, 0.29) is 0 Å². The highest BCUT2D eigenvalue weighted by molar-refractivity contribution is 6.32. The van der Waals surface area contributed by atoms with E-state index in [0.717, 1.165) is 41.9 Å². The van der Waals surface area contributed by atoms with Crippen LogP contribution in [0.15, 0.2) is 12.3 Å². The van der Waals surface area contributed by atoms with Crippen molar-refractivity contribution in [3.05, 3.63) is 22.8 Å². The number of halogens is 1. The minimum atomic E-state index is -0.441. The predicted octanol–water partition coefficient (Wildman–Crippen LogP) is 9.00. The first kappa shape index (κ1) is 28.2. The number of pyridine rings is 1. The van der Waals surface area contributed by atoms with Gasteiger partial charge >= 0.3 is 5.97 Å². The van der Waals surface area contributed by atoms with Gasteiger partial charge in [0.2, 0.25) is 5.88 Å². The monoisotopic (exact) mass is 543 g/mol. The van der Waals surface area contributed by atoms with Crippen LogP contribution < -0.4 is 4.74 Å². The van der Waals surface area contributed by atoms with E-state index in [1.54, 1.807) is 6.07 Å². The van der Waals surface area contributed by atoms with Gasteiger partial charge in [0.15, 0.2) is 0 Å². The summed E-state index contributed by atoms with van der Waals surface area (Å²) in [5.74, 6) is 6.29. The molecule has 4 fully saturated rings. The summed E-state index contributed by atoms with van der Waals surface area (Å²) in [6, 6.07) is 1.57. The zero-order valence-electron chi connectivity index (χ0n) is 24.4. The topological polar surface area (TPSA) is 48.4 Å². The van der Waals surface area contributed by atoms with E-state index in [9.17, 15) is 4.79 Å². The molecular weight excluding hydrogens is 494 g/mol. The van der Waals surface area contributed by atoms with Crippen LogP contribution in [0.2, 0.25) is 5.02 Å². The van der Waals surface area contributed by atoms with Gasteiger partial charge < -0.3 is 9.47 Å². The number of nitrogens with zero attached hydrogens (tertiary/aromatic N) is 1. The molecule has 1 aromatic rings. The highest BCUT2D eigenvalue weighted by Crippen LogP contribution is 2.69. The molecule has 4 aliphatic carbocycles. The van der Waals surface area contributed by atoms with Gasteiger partial charge in [-0.1, -0.05) is 58.6 Å². The molecule has 5 rings (SSSR count). The van der Waals surface area contributed by atoms with Gasteiger partial charge in [0.1, 0.15) is 5.02 Å². The minimum absolute atomic E-state index is 0.341. The number of carbonyl (C=O) groups is 1. The van der Waals surface area contributed by atoms with E-state index in [1.807, 2.05) is 0 Å². The fourth-order valence-corrected chi connectivity index (χ4v) is 10.8. The molecule has 1 aromatic heterocycles. The average Bonchev–Trinajstić information content (AvgIpc) is 3.27. The molecule has 0 aliphatic heterocycles. The van der Waals surface area contributed by atoms with E-state index >= 15 is 0 Å². The Balaban J connectivity index is 1.19. The van der Waals surface area contributed by atoms with E-state index in [0.29, 0.717) is 39.8 Å². The number of esters is 1. The van der Waals surface area contributed by atoms with Crippen LogP contribution in [0.3, 0.4) is 0 Å². The van der Waals surface area contributed by atoms with Gasteiger partial charge in [-0.05, 0) is 116 Å². The Hall–Kier alpha value is -1.29. The molecule has 212 valence electrons. The highest BCUT2D eigenvalue weighted by Gasteiger charge is 2.61. The van der Waals surface area contributed by atoms with Gasteiger partial charge in [0.05, 0.1) is 19.3 Å². The first-order valence-corrected chi connectivity index (χ1v) is 16.0. The number of fused-ring (bicyclic) bond motifs is 5. The van der Waals surface area contributed by atoms with Gasteiger partial charge in [-0.15, -0.1) is 0 Å². The fraction of sp³-hybridized carbons (Fsp3) is 0.818. The van der Waals surface area contributed by atoms with Crippen molar-refractivity contribution in [3.8, 4) is 5.88 Å². The van der Waals surface area contributed by atoms with Crippen molar-refractivity contribution in [2.75, 3.05) is 13.7 Å². The molecule has 5 heteroatoms. The van der Waals surface area contributed by atoms with E-state index in [2.05, 4.69) is 32.7 Å². The molecule has 0 N–H and O–H groups in total. The summed E-state index contributed by atoms with van der Waals surface area (Å²) in [7, 11) is 1.35. The molecule has 38 heavy (non-hydrogen) atoms. The quantitative estimate of drug-likeness (QED) is 0.242. The number of hydrogen-bond donors (Lipinski definition) is 0. The Morgan fingerprint density at radius 2 is 1.89 bits per heavy atom. The lowest BCUT2D eigenvalue weighted by molar-refractivity contribution is -0.138. The molecule has 9 atom stereocenters. The third-order valence-electron chi connectivity index (χ3n) is 12.3. The van der Waals surface area contributed by atoms with E-state index in [1.165, 1.54) is 83.9 Å². The van der Waals surface area contributed by atoms with Crippen molar-refractivity contribution in [2.45, 2.75) is 105 Å². The van der Waals surface area contributed by atoms with Crippen LogP contribution in [-0.4, -0.2) is 24.7 Å². The van der Waals surface area contributed by atoms with Crippen LogP contribution in [-0.2, 0) is 4.74 Å². The number of ether oxygens (including phenoxy) is 2. The molecule has 0 aromatic carbocycles. The Bertz CT molecular complexity index is 998. The van der Waals surface area contributed by atoms with Gasteiger partial charge in [0, 0.05) is 6.20 Å². The van der Waals surface area contributed by atoms with Crippen molar-refractivity contribution in [1.29, 1.82) is 0 Å². The standard InChI is InChI=1S/C33H50ClNO3/c1-6-22-18-24-27-13-12-25(33(27,4)16-14-28(24)32(3)15-8-7-11-26(22)32)21(2)10-9-17-38-30-29(34)19-23(20-35-30)31(36)37-5/h19-22,24-28H,6-18H2,1-5H3/t21-,22+,24+,25-,26+,27?,28+,32+,33-/m1/s1. The van der Waals surface area contributed by atoms with Gasteiger partial charge in [0.25, 0.3) is 0 Å². The number of carbonyl (C=O) groups excluding carboxylic acids is 1. The Labute approximate surface area is 236 Å². The third kappa shape index (κ3) is 4.90. The Kier molecular flexibility index (Phi) is 8.40. The molecule has 0 saturated heterocycles. The van der Waals surface area contributed by atoms with Crippen LogP contribution >= 0.6 is 11.6 Å². The fourth-order valence-electron chi connectivity index (χ4n) is 10.5. The first-order chi connectivity index (χ1) is 18.2. The number of methoxy groups -OCH3 is 1. The summed E-state index contributed by atoms with van der Waals surface area (Å²) in [5, 5.41) is 0.357. The zero-order chi connectivity index (χ0) is 27.1. The maximum atomic E-state index is 11.7. The second kappa shape index (κ2) is 11.3. The number of aromatic nitrogens is 1. The van der Waals surface area contributed by atoms with Crippen molar-refractivity contribution in [1.82, 2.24) is 4.98 Å². The maximum absolute atomic E-state index is 11.7. The van der Waals surface area contributed by atoms with E-state index in [4.69, 9.17) is 21.1 Å². The van der Waals surface area contributed by atoms with Crippen molar-refractivity contribution in [3.63, 3.8) is 0 Å². The molecule has 1 heterocycles. The maximum Gasteiger partial charge on any atom is 0.339 e. The first-order valence-electron chi connectivity index (χ1n) is 15.6. The highest BCUT2D eigenvalue weighted by atomic mass is 35.5. The molecule has 0 amide bonds. The lowest BCUT2D eigenvalue weighted by Crippen LogP contribution is -2.55. The van der Waals surface area contributed by atoms with Crippen LogP contribution in [0.1, 0.15) is 115 Å². The number of rotatable bonds is 8. The smallest absolute Gasteiger partial charge is 0.339 e. The van der Waals surface area contributed by atoms with Crippen LogP contribution in [0.5, 0.6) is 5.88 Å². The lowest BCUT2D eigenvalue weighted by Gasteiger charge is -2.63. The van der Waals surface area contributed by atoms with Crippen molar-refractivity contribution < 1.29 is 14.3 Å². The summed E-state index contributed by atoms with van der Waals surface area (Å²) in [4.78, 5) is 15.9. The third-order valence-corrected chi connectivity index (χ3v) is 12.6. The molecular formula is C33H50ClNO3. The van der Waals surface area contributed by atoms with Crippen LogP contribution in [0.25, 0.3) is 0 Å². The summed E-state index contributed by atoms with van der Waals surface area (Å²) < 4.78 is 10.7. The summed E-state index contributed by atoms with van der Waals surface area (Å²) in [6.07, 6.45) is 18.2. The molecule has 0 spiro atoms. The lowest BCUT2D eigenvalue weighted by atomic mass is 9.42.